The Morgan fingerprint density at radius 3 is 3.11 bits per heavy atom. The lowest BCUT2D eigenvalue weighted by Crippen LogP contribution is -2.11. The number of H-pyrrole nitrogens is 1. The Hall–Kier alpha value is -0.940. The number of nitrogens with zero attached hydrogens (tertiary/aromatic N) is 2. The molecule has 0 radical (unpaired) electrons. The highest BCUT2D eigenvalue weighted by Gasteiger charge is 2.05. The van der Waals surface area contributed by atoms with E-state index in [4.69, 9.17) is 10.8 Å². The first-order chi connectivity index (χ1) is 4.34. The van der Waals surface area contributed by atoms with E-state index in [1.54, 1.807) is 0 Å². The third-order valence-electron chi connectivity index (χ3n) is 0.998. The molecule has 9 heavy (non-hydrogen) atoms. The quantitative estimate of drug-likeness (QED) is 0.466. The lowest BCUT2D eigenvalue weighted by molar-refractivity contribution is 0.182. The van der Waals surface area contributed by atoms with E-state index in [0.717, 1.165) is 0 Å². The van der Waals surface area contributed by atoms with Gasteiger partial charge in [0.25, 0.3) is 0 Å². The van der Waals surface area contributed by atoms with E-state index < -0.39 is 6.10 Å². The number of aliphatic hydroxyl groups is 1. The van der Waals surface area contributed by atoms with Gasteiger partial charge in [0.2, 0.25) is 0 Å². The van der Waals surface area contributed by atoms with Crippen molar-refractivity contribution in [3.63, 3.8) is 0 Å². The molecular weight excluding hydrogens is 120 g/mol. The van der Waals surface area contributed by atoms with Gasteiger partial charge in [0.15, 0.2) is 0 Å². The first-order valence-corrected chi connectivity index (χ1v) is 2.58. The summed E-state index contributed by atoms with van der Waals surface area (Å²) in [7, 11) is 0. The molecule has 0 aliphatic carbocycles. The van der Waals surface area contributed by atoms with Crippen molar-refractivity contribution in [1.82, 2.24) is 15.4 Å². The monoisotopic (exact) mass is 128 g/mol. The van der Waals surface area contributed by atoms with Crippen LogP contribution in [0.15, 0.2) is 6.20 Å². The second kappa shape index (κ2) is 2.56. The maximum absolute atomic E-state index is 8.97. The molecule has 0 aromatic carbocycles. The maximum Gasteiger partial charge on any atom is 0.112 e. The number of aliphatic hydroxyl groups excluding tert-OH is 1. The van der Waals surface area contributed by atoms with Crippen molar-refractivity contribution < 1.29 is 5.11 Å². The molecule has 0 bridgehead atoms. The van der Waals surface area contributed by atoms with Crippen molar-refractivity contribution in [3.8, 4) is 0 Å². The van der Waals surface area contributed by atoms with E-state index in [9.17, 15) is 0 Å². The second-order valence-electron chi connectivity index (χ2n) is 1.65. The molecule has 0 aliphatic heterocycles. The summed E-state index contributed by atoms with van der Waals surface area (Å²) in [5.74, 6) is 0. The van der Waals surface area contributed by atoms with Gasteiger partial charge in [-0.2, -0.15) is 15.4 Å². The number of aromatic amines is 1. The van der Waals surface area contributed by atoms with E-state index >= 15 is 0 Å². The van der Waals surface area contributed by atoms with E-state index in [-0.39, 0.29) is 6.54 Å². The molecule has 1 unspecified atom stereocenters. The first-order valence-electron chi connectivity index (χ1n) is 2.58. The van der Waals surface area contributed by atoms with Gasteiger partial charge in [-0.1, -0.05) is 0 Å². The van der Waals surface area contributed by atoms with Crippen molar-refractivity contribution in [2.45, 2.75) is 6.10 Å². The Morgan fingerprint density at radius 2 is 2.67 bits per heavy atom. The van der Waals surface area contributed by atoms with Gasteiger partial charge in [-0.05, 0) is 0 Å². The molecule has 0 saturated heterocycles. The smallest absolute Gasteiger partial charge is 0.112 e. The third-order valence-corrected chi connectivity index (χ3v) is 0.998. The van der Waals surface area contributed by atoms with Crippen LogP contribution in [0.5, 0.6) is 0 Å². The maximum atomic E-state index is 8.97. The zero-order chi connectivity index (χ0) is 6.69. The minimum absolute atomic E-state index is 0.173. The average Bonchev–Trinajstić information content (AvgIpc) is 2.37. The minimum Gasteiger partial charge on any atom is -0.385 e. The molecule has 5 heteroatoms. The van der Waals surface area contributed by atoms with Crippen LogP contribution in [0, 0.1) is 0 Å². The van der Waals surface area contributed by atoms with E-state index in [2.05, 4.69) is 15.4 Å². The van der Waals surface area contributed by atoms with Crippen LogP contribution in [0.2, 0.25) is 0 Å². The van der Waals surface area contributed by atoms with Crippen LogP contribution in [0.4, 0.5) is 0 Å². The van der Waals surface area contributed by atoms with Gasteiger partial charge in [-0.15, -0.1) is 0 Å². The van der Waals surface area contributed by atoms with E-state index in [0.29, 0.717) is 5.69 Å². The number of aromatic nitrogens is 3. The summed E-state index contributed by atoms with van der Waals surface area (Å²) >= 11 is 0. The summed E-state index contributed by atoms with van der Waals surface area (Å²) in [6, 6.07) is 0. The Balaban J connectivity index is 2.65. The molecule has 1 rings (SSSR count). The van der Waals surface area contributed by atoms with Crippen LogP contribution >= 0.6 is 0 Å². The summed E-state index contributed by atoms with van der Waals surface area (Å²) in [5.41, 5.74) is 5.62. The lowest BCUT2D eigenvalue weighted by Gasteiger charge is -1.99. The van der Waals surface area contributed by atoms with E-state index in [1.165, 1.54) is 6.20 Å². The van der Waals surface area contributed by atoms with Crippen LogP contribution in [0.1, 0.15) is 11.8 Å². The minimum atomic E-state index is -0.691. The molecule has 0 spiro atoms. The summed E-state index contributed by atoms with van der Waals surface area (Å²) in [5, 5.41) is 18.5. The first kappa shape index (κ1) is 6.18. The standard InChI is InChI=1S/C4H8N4O/c5-1-4(9)3-2-6-8-7-3/h2,4,9H,1,5H2,(H,6,7,8). The van der Waals surface area contributed by atoms with Crippen LogP contribution in [-0.2, 0) is 0 Å². The molecule has 1 aromatic heterocycles. The highest BCUT2D eigenvalue weighted by Crippen LogP contribution is 2.02. The second-order valence-corrected chi connectivity index (χ2v) is 1.65. The molecule has 1 atom stereocenters. The fourth-order valence-electron chi connectivity index (χ4n) is 0.492. The van der Waals surface area contributed by atoms with Gasteiger partial charge in [0, 0.05) is 6.54 Å². The van der Waals surface area contributed by atoms with Crippen LogP contribution in [-0.4, -0.2) is 27.1 Å². The number of nitrogens with two attached hydrogens (primary N) is 1. The third kappa shape index (κ3) is 1.24. The predicted octanol–water partition coefficient (Wildman–Crippen LogP) is -1.20. The van der Waals surface area contributed by atoms with Crippen LogP contribution in [0.25, 0.3) is 0 Å². The Kier molecular flexibility index (Phi) is 1.76. The summed E-state index contributed by atoms with van der Waals surface area (Å²) < 4.78 is 0. The average molecular weight is 128 g/mol. The molecule has 0 amide bonds. The molecule has 0 saturated carbocycles. The zero-order valence-corrected chi connectivity index (χ0v) is 4.78. The number of hydrogen-bond acceptors (Lipinski definition) is 4. The summed E-state index contributed by atoms with van der Waals surface area (Å²) in [6.45, 7) is 0.173. The fraction of sp³-hybridized carbons (Fsp3) is 0.500. The molecule has 1 heterocycles. The molecule has 0 aliphatic rings. The summed E-state index contributed by atoms with van der Waals surface area (Å²) in [4.78, 5) is 0. The van der Waals surface area contributed by atoms with Crippen molar-refractivity contribution in [3.05, 3.63) is 11.9 Å². The largest absolute Gasteiger partial charge is 0.385 e. The molecule has 4 N–H and O–H groups in total. The van der Waals surface area contributed by atoms with Crippen LogP contribution in [0.3, 0.4) is 0 Å². The van der Waals surface area contributed by atoms with Gasteiger partial charge in [0.05, 0.1) is 6.20 Å². The molecular formula is C4H8N4O. The zero-order valence-electron chi connectivity index (χ0n) is 4.78. The normalized spacial score (nSPS) is 13.6. The van der Waals surface area contributed by atoms with Crippen molar-refractivity contribution in [2.24, 2.45) is 5.73 Å². The van der Waals surface area contributed by atoms with E-state index in [1.807, 2.05) is 0 Å². The van der Waals surface area contributed by atoms with Crippen molar-refractivity contribution in [2.75, 3.05) is 6.54 Å². The Morgan fingerprint density at radius 1 is 1.89 bits per heavy atom. The van der Waals surface area contributed by atoms with Gasteiger partial charge in [-0.3, -0.25) is 0 Å². The number of hydrogen-bond donors (Lipinski definition) is 3. The molecule has 1 aromatic rings. The predicted molar refractivity (Wildman–Crippen MR) is 30.4 cm³/mol. The molecule has 50 valence electrons. The molecule has 5 nitrogen and oxygen atoms in total. The van der Waals surface area contributed by atoms with Gasteiger partial charge in [-0.25, -0.2) is 0 Å². The van der Waals surface area contributed by atoms with Crippen LogP contribution < -0.4 is 5.73 Å². The van der Waals surface area contributed by atoms with Crippen molar-refractivity contribution >= 4 is 0 Å². The van der Waals surface area contributed by atoms with Gasteiger partial charge in [0.1, 0.15) is 11.8 Å². The van der Waals surface area contributed by atoms with Gasteiger partial charge >= 0.3 is 0 Å². The molecule has 0 fully saturated rings. The Labute approximate surface area is 51.9 Å². The summed E-state index contributed by atoms with van der Waals surface area (Å²) in [6.07, 6.45) is 0.751. The SMILES string of the molecule is NCC(O)c1cn[nH]n1. The lowest BCUT2D eigenvalue weighted by atomic mass is 10.3. The van der Waals surface area contributed by atoms with Crippen molar-refractivity contribution in [1.29, 1.82) is 0 Å². The highest BCUT2D eigenvalue weighted by atomic mass is 16.3. The highest BCUT2D eigenvalue weighted by molar-refractivity contribution is 4.95. The number of nitrogens with one attached hydrogen (secondary N) is 1. The number of rotatable bonds is 2. The topological polar surface area (TPSA) is 87.8 Å². The van der Waals surface area contributed by atoms with Gasteiger partial charge < -0.3 is 10.8 Å². The Bertz CT molecular complexity index is 161. The fourth-order valence-corrected chi connectivity index (χ4v) is 0.492.